The largest absolute Gasteiger partial charge is 0.691 e. The average molecular weight is 252 g/mol. The smallest absolute Gasteiger partial charge is 0.218 e. The molecule has 0 fully saturated rings. The van der Waals surface area contributed by atoms with E-state index >= 15 is 0 Å². The van der Waals surface area contributed by atoms with Crippen LogP contribution in [0, 0.1) is 5.21 Å². The number of fused-ring (bicyclic) bond motifs is 1. The van der Waals surface area contributed by atoms with Crippen LogP contribution in [0.15, 0.2) is 6.07 Å². The van der Waals surface area contributed by atoms with Crippen molar-refractivity contribution in [3.8, 4) is 0 Å². The Morgan fingerprint density at radius 2 is 2.00 bits per heavy atom. The van der Waals surface area contributed by atoms with Gasteiger partial charge in [0.15, 0.2) is 0 Å². The molecule has 0 bridgehead atoms. The Morgan fingerprint density at radius 1 is 1.36 bits per heavy atom. The Hall–Kier alpha value is -0.710. The van der Waals surface area contributed by atoms with Crippen molar-refractivity contribution >= 4 is 45.8 Å². The highest BCUT2D eigenvalue weighted by Gasteiger charge is 2.19. The van der Waals surface area contributed by atoms with Crippen molar-refractivity contribution in [2.75, 3.05) is 0 Å². The standard InChI is InChI=1S/C7H4Cl3N3O/c1-12-7-4(13(14)11-12)2-3(8)5(9)6(7)10/h2H,1H3. The Labute approximate surface area is 94.1 Å². The highest BCUT2D eigenvalue weighted by atomic mass is 35.5. The van der Waals surface area contributed by atoms with Gasteiger partial charge in [-0.3, -0.25) is 0 Å². The van der Waals surface area contributed by atoms with Gasteiger partial charge in [0.1, 0.15) is 12.1 Å². The zero-order chi connectivity index (χ0) is 10.5. The molecule has 0 N–H and O–H groups in total. The molecule has 7 heteroatoms. The maximum Gasteiger partial charge on any atom is 0.218 e. The number of benzene rings is 1. The van der Waals surface area contributed by atoms with Crippen LogP contribution >= 0.6 is 34.8 Å². The molecule has 4 nitrogen and oxygen atoms in total. The molecule has 0 amide bonds. The van der Waals surface area contributed by atoms with E-state index in [-0.39, 0.29) is 15.1 Å². The Morgan fingerprint density at radius 3 is 2.64 bits per heavy atom. The molecule has 2 rings (SSSR count). The number of hydrogen-bond acceptors (Lipinski definition) is 2. The van der Waals surface area contributed by atoms with Gasteiger partial charge in [-0.15, -0.1) is 9.53 Å². The third kappa shape index (κ3) is 1.22. The second kappa shape index (κ2) is 3.15. The van der Waals surface area contributed by atoms with Gasteiger partial charge in [-0.25, -0.2) is 0 Å². The van der Waals surface area contributed by atoms with Crippen LogP contribution < -0.4 is 4.85 Å². The Kier molecular flexibility index (Phi) is 2.21. The highest BCUT2D eigenvalue weighted by molar-refractivity contribution is 6.50. The van der Waals surface area contributed by atoms with Crippen LogP contribution in [0.25, 0.3) is 11.0 Å². The first kappa shape index (κ1) is 9.83. The molecule has 74 valence electrons. The lowest BCUT2D eigenvalue weighted by molar-refractivity contribution is -0.646. The third-order valence-corrected chi connectivity index (χ3v) is 3.11. The molecule has 0 aliphatic rings. The van der Waals surface area contributed by atoms with Gasteiger partial charge in [-0.2, -0.15) is 0 Å². The number of halogens is 3. The molecule has 0 unspecified atom stereocenters. The first-order valence-electron chi connectivity index (χ1n) is 3.62. The highest BCUT2D eigenvalue weighted by Crippen LogP contribution is 2.35. The second-order valence-corrected chi connectivity index (χ2v) is 3.90. The van der Waals surface area contributed by atoms with Crippen LogP contribution in [-0.4, -0.2) is 9.90 Å². The monoisotopic (exact) mass is 251 g/mol. The van der Waals surface area contributed by atoms with Gasteiger partial charge in [0.05, 0.1) is 15.3 Å². The summed E-state index contributed by atoms with van der Waals surface area (Å²) in [5.74, 6) is 0. The minimum Gasteiger partial charge on any atom is -0.691 e. The van der Waals surface area contributed by atoms with Gasteiger partial charge in [0.2, 0.25) is 11.0 Å². The van der Waals surface area contributed by atoms with E-state index in [1.165, 1.54) is 10.7 Å². The van der Waals surface area contributed by atoms with E-state index in [4.69, 9.17) is 34.8 Å². The van der Waals surface area contributed by atoms with E-state index in [1.807, 2.05) is 0 Å². The van der Waals surface area contributed by atoms with Crippen molar-refractivity contribution in [2.24, 2.45) is 7.05 Å². The SMILES string of the molecule is Cn1n[n+]([O-])c2cc(Cl)c(Cl)c(Cl)c21. The fourth-order valence-electron chi connectivity index (χ4n) is 1.24. The summed E-state index contributed by atoms with van der Waals surface area (Å²) in [4.78, 5) is 0.448. The summed E-state index contributed by atoms with van der Waals surface area (Å²) in [6, 6.07) is 1.44. The molecule has 0 atom stereocenters. The van der Waals surface area contributed by atoms with Crippen molar-refractivity contribution in [3.63, 3.8) is 0 Å². The van der Waals surface area contributed by atoms with Crippen LogP contribution in [0.5, 0.6) is 0 Å². The number of rotatable bonds is 0. The van der Waals surface area contributed by atoms with Gasteiger partial charge in [0.25, 0.3) is 0 Å². The van der Waals surface area contributed by atoms with Gasteiger partial charge in [0, 0.05) is 6.07 Å². The zero-order valence-electron chi connectivity index (χ0n) is 6.96. The van der Waals surface area contributed by atoms with Crippen molar-refractivity contribution in [3.05, 3.63) is 26.3 Å². The molecule has 0 saturated carbocycles. The average Bonchev–Trinajstić information content (AvgIpc) is 2.38. The fraction of sp³-hybridized carbons (Fsp3) is 0.143. The Bertz CT molecular complexity index is 523. The molecule has 2 aromatic rings. The number of hydrogen-bond donors (Lipinski definition) is 0. The molecule has 1 aromatic carbocycles. The predicted molar refractivity (Wildman–Crippen MR) is 54.7 cm³/mol. The van der Waals surface area contributed by atoms with E-state index in [0.717, 1.165) is 0 Å². The van der Waals surface area contributed by atoms with Crippen molar-refractivity contribution in [1.29, 1.82) is 0 Å². The van der Waals surface area contributed by atoms with Gasteiger partial charge in [-0.1, -0.05) is 34.8 Å². The lowest BCUT2D eigenvalue weighted by Crippen LogP contribution is -2.29. The molecular formula is C7H4Cl3N3O. The summed E-state index contributed by atoms with van der Waals surface area (Å²) in [5, 5.41) is 15.5. The van der Waals surface area contributed by atoms with Crippen molar-refractivity contribution in [1.82, 2.24) is 9.90 Å². The van der Waals surface area contributed by atoms with Crippen molar-refractivity contribution in [2.45, 2.75) is 0 Å². The minimum absolute atomic E-state index is 0.226. The molecule has 0 saturated heterocycles. The fourth-order valence-corrected chi connectivity index (χ4v) is 1.95. The lowest BCUT2D eigenvalue weighted by atomic mass is 10.3. The van der Waals surface area contributed by atoms with E-state index in [0.29, 0.717) is 15.9 Å². The van der Waals surface area contributed by atoms with Gasteiger partial charge >= 0.3 is 0 Å². The summed E-state index contributed by atoms with van der Waals surface area (Å²) in [7, 11) is 1.60. The second-order valence-electron chi connectivity index (χ2n) is 2.74. The van der Waals surface area contributed by atoms with E-state index in [1.54, 1.807) is 7.05 Å². The molecule has 0 spiro atoms. The van der Waals surface area contributed by atoms with Crippen LogP contribution in [0.3, 0.4) is 0 Å². The van der Waals surface area contributed by atoms with E-state index in [9.17, 15) is 5.21 Å². The van der Waals surface area contributed by atoms with Crippen molar-refractivity contribution < 1.29 is 4.85 Å². The first-order valence-corrected chi connectivity index (χ1v) is 4.76. The molecule has 0 radical (unpaired) electrons. The molecule has 1 heterocycles. The van der Waals surface area contributed by atoms with E-state index in [2.05, 4.69) is 5.21 Å². The summed E-state index contributed by atoms with van der Waals surface area (Å²) >= 11 is 17.5. The van der Waals surface area contributed by atoms with Crippen LogP contribution in [-0.2, 0) is 7.05 Å². The Balaban J connectivity index is 3.01. The maximum absolute atomic E-state index is 11.2. The quantitative estimate of drug-likeness (QED) is 0.410. The minimum atomic E-state index is 0.226. The summed E-state index contributed by atoms with van der Waals surface area (Å²) in [5.41, 5.74) is 0.767. The zero-order valence-corrected chi connectivity index (χ0v) is 9.23. The molecule has 14 heavy (non-hydrogen) atoms. The molecular weight excluding hydrogens is 248 g/mol. The summed E-state index contributed by atoms with van der Waals surface area (Å²) in [6.07, 6.45) is 0. The number of nitrogens with zero attached hydrogens (tertiary/aromatic N) is 3. The number of aryl methyl sites for hydroxylation is 1. The predicted octanol–water partition coefficient (Wildman–Crippen LogP) is 2.17. The van der Waals surface area contributed by atoms with Crippen LogP contribution in [0.1, 0.15) is 0 Å². The number of aromatic nitrogens is 3. The van der Waals surface area contributed by atoms with Crippen LogP contribution in [0.2, 0.25) is 15.1 Å². The molecule has 1 aromatic heterocycles. The normalized spacial score (nSPS) is 11.1. The van der Waals surface area contributed by atoms with Gasteiger partial charge < -0.3 is 5.21 Å². The maximum atomic E-state index is 11.2. The first-order chi connectivity index (χ1) is 6.52. The summed E-state index contributed by atoms with van der Waals surface area (Å²) < 4.78 is 1.35. The van der Waals surface area contributed by atoms with E-state index < -0.39 is 0 Å². The molecule has 0 aliphatic heterocycles. The summed E-state index contributed by atoms with van der Waals surface area (Å²) in [6.45, 7) is 0. The van der Waals surface area contributed by atoms with Crippen LogP contribution in [0.4, 0.5) is 0 Å². The topological polar surface area (TPSA) is 44.8 Å². The third-order valence-electron chi connectivity index (χ3n) is 1.86. The van der Waals surface area contributed by atoms with Gasteiger partial charge in [-0.05, 0) is 0 Å². The molecule has 0 aliphatic carbocycles. The lowest BCUT2D eigenvalue weighted by Gasteiger charge is -1.98.